The molecule has 3 rings (SSSR count). The van der Waals surface area contributed by atoms with Crippen molar-refractivity contribution in [3.63, 3.8) is 0 Å². The van der Waals surface area contributed by atoms with Crippen molar-refractivity contribution in [2.45, 2.75) is 31.3 Å². The van der Waals surface area contributed by atoms with Crippen molar-refractivity contribution >= 4 is 17.6 Å². The summed E-state index contributed by atoms with van der Waals surface area (Å²) in [6.07, 6.45) is 0.769. The van der Waals surface area contributed by atoms with E-state index >= 15 is 0 Å². The molecule has 2 aromatic carbocycles. The zero-order chi connectivity index (χ0) is 14.8. The first-order chi connectivity index (χ1) is 10.1. The summed E-state index contributed by atoms with van der Waals surface area (Å²) in [5, 5.41) is 0.710. The number of carbonyl (C=O) groups excluding carboxylic acids is 1. The fourth-order valence-corrected chi connectivity index (χ4v) is 3.17. The number of ether oxygens (including phenoxy) is 1. The molecular formula is C18H17ClO2. The molecule has 1 aliphatic heterocycles. The van der Waals surface area contributed by atoms with Crippen molar-refractivity contribution in [1.29, 1.82) is 0 Å². The third-order valence-electron chi connectivity index (χ3n) is 4.02. The SMILES string of the molecule is C[C@@H]1C[C@@H](c2ccc(Cl)cc2)[C@@H](c2ccccc2)C(=O)O1. The lowest BCUT2D eigenvalue weighted by molar-refractivity contribution is -0.156. The van der Waals surface area contributed by atoms with Gasteiger partial charge in [0.25, 0.3) is 0 Å². The average Bonchev–Trinajstić information content (AvgIpc) is 2.48. The van der Waals surface area contributed by atoms with Crippen LogP contribution in [0.1, 0.15) is 36.3 Å². The Bertz CT molecular complexity index is 621. The maximum Gasteiger partial charge on any atom is 0.314 e. The van der Waals surface area contributed by atoms with E-state index in [1.54, 1.807) is 0 Å². The van der Waals surface area contributed by atoms with Gasteiger partial charge in [-0.25, -0.2) is 0 Å². The fourth-order valence-electron chi connectivity index (χ4n) is 3.04. The molecule has 2 aromatic rings. The van der Waals surface area contributed by atoms with Crippen molar-refractivity contribution in [1.82, 2.24) is 0 Å². The number of hydrogen-bond acceptors (Lipinski definition) is 2. The smallest absolute Gasteiger partial charge is 0.314 e. The van der Waals surface area contributed by atoms with Gasteiger partial charge >= 0.3 is 5.97 Å². The standard InChI is InChI=1S/C18H17ClO2/c1-12-11-16(13-7-9-15(19)10-8-13)17(18(20)21-12)14-5-3-2-4-6-14/h2-10,12,16-17H,11H2,1H3/t12-,16+,17-/m1/s1. The van der Waals surface area contributed by atoms with Crippen LogP contribution in [0.5, 0.6) is 0 Å². The molecule has 2 nitrogen and oxygen atoms in total. The molecule has 0 amide bonds. The maximum atomic E-state index is 12.4. The first kappa shape index (κ1) is 14.2. The second-order valence-electron chi connectivity index (χ2n) is 5.53. The minimum absolute atomic E-state index is 0.0573. The zero-order valence-corrected chi connectivity index (χ0v) is 12.6. The van der Waals surface area contributed by atoms with E-state index < -0.39 is 0 Å². The van der Waals surface area contributed by atoms with Gasteiger partial charge in [0.1, 0.15) is 0 Å². The number of carbonyl (C=O) groups is 1. The van der Waals surface area contributed by atoms with E-state index in [1.807, 2.05) is 61.5 Å². The van der Waals surface area contributed by atoms with Gasteiger partial charge in [-0.05, 0) is 36.6 Å². The highest BCUT2D eigenvalue weighted by Crippen LogP contribution is 2.41. The van der Waals surface area contributed by atoms with Crippen LogP contribution >= 0.6 is 11.6 Å². The van der Waals surface area contributed by atoms with Gasteiger partial charge in [-0.15, -0.1) is 0 Å². The number of cyclic esters (lactones) is 1. The monoisotopic (exact) mass is 300 g/mol. The number of esters is 1. The molecule has 0 N–H and O–H groups in total. The number of hydrogen-bond donors (Lipinski definition) is 0. The Balaban J connectivity index is 2.01. The van der Waals surface area contributed by atoms with Crippen molar-refractivity contribution in [2.75, 3.05) is 0 Å². The first-order valence-electron chi connectivity index (χ1n) is 7.16. The Morgan fingerprint density at radius 3 is 2.33 bits per heavy atom. The van der Waals surface area contributed by atoms with Gasteiger partial charge in [-0.2, -0.15) is 0 Å². The van der Waals surface area contributed by atoms with Crippen LogP contribution < -0.4 is 0 Å². The molecule has 0 spiro atoms. The molecule has 0 aromatic heterocycles. The normalized spacial score (nSPS) is 25.4. The van der Waals surface area contributed by atoms with Gasteiger partial charge in [0.2, 0.25) is 0 Å². The van der Waals surface area contributed by atoms with Crippen LogP contribution in [-0.2, 0) is 9.53 Å². The van der Waals surface area contributed by atoms with E-state index in [1.165, 1.54) is 0 Å². The van der Waals surface area contributed by atoms with Crippen LogP contribution in [0.3, 0.4) is 0 Å². The fraction of sp³-hybridized carbons (Fsp3) is 0.278. The summed E-state index contributed by atoms with van der Waals surface area (Å²) in [6.45, 7) is 1.95. The summed E-state index contributed by atoms with van der Waals surface area (Å²) in [5.74, 6) is -0.260. The summed E-state index contributed by atoms with van der Waals surface area (Å²) in [4.78, 5) is 12.4. The highest BCUT2D eigenvalue weighted by atomic mass is 35.5. The van der Waals surface area contributed by atoms with Gasteiger partial charge < -0.3 is 4.74 Å². The molecule has 3 atom stereocenters. The van der Waals surface area contributed by atoms with E-state index in [2.05, 4.69) is 0 Å². The zero-order valence-electron chi connectivity index (χ0n) is 11.8. The van der Waals surface area contributed by atoms with Crippen molar-refractivity contribution in [2.24, 2.45) is 0 Å². The van der Waals surface area contributed by atoms with Gasteiger partial charge in [0.15, 0.2) is 0 Å². The molecule has 3 heteroatoms. The molecule has 0 saturated carbocycles. The lowest BCUT2D eigenvalue weighted by Gasteiger charge is -2.34. The van der Waals surface area contributed by atoms with Gasteiger partial charge in [0, 0.05) is 10.9 Å². The maximum absolute atomic E-state index is 12.4. The third-order valence-corrected chi connectivity index (χ3v) is 4.27. The molecule has 21 heavy (non-hydrogen) atoms. The van der Waals surface area contributed by atoms with E-state index in [0.29, 0.717) is 5.02 Å². The molecule has 1 saturated heterocycles. The quantitative estimate of drug-likeness (QED) is 0.761. The predicted octanol–water partition coefficient (Wildman–Crippen LogP) is 4.54. The largest absolute Gasteiger partial charge is 0.462 e. The van der Waals surface area contributed by atoms with Crippen LogP contribution in [0, 0.1) is 0 Å². The molecule has 0 bridgehead atoms. The first-order valence-corrected chi connectivity index (χ1v) is 7.54. The topological polar surface area (TPSA) is 26.3 Å². The summed E-state index contributed by atoms with van der Waals surface area (Å²) >= 11 is 5.97. The van der Waals surface area contributed by atoms with E-state index in [-0.39, 0.29) is 23.9 Å². The average molecular weight is 301 g/mol. The Morgan fingerprint density at radius 2 is 1.67 bits per heavy atom. The molecule has 1 aliphatic rings. The second kappa shape index (κ2) is 5.90. The van der Waals surface area contributed by atoms with Crippen LogP contribution in [-0.4, -0.2) is 12.1 Å². The lowest BCUT2D eigenvalue weighted by Crippen LogP contribution is -2.34. The molecule has 0 unspecified atom stereocenters. The molecule has 0 aliphatic carbocycles. The summed E-state index contributed by atoms with van der Waals surface area (Å²) in [6, 6.07) is 17.6. The number of rotatable bonds is 2. The van der Waals surface area contributed by atoms with Crippen molar-refractivity contribution in [3.05, 3.63) is 70.7 Å². The number of benzene rings is 2. The summed E-state index contributed by atoms with van der Waals surface area (Å²) in [5.41, 5.74) is 2.14. The minimum atomic E-state index is -0.247. The Morgan fingerprint density at radius 1 is 1.00 bits per heavy atom. The number of halogens is 1. The molecular weight excluding hydrogens is 284 g/mol. The summed E-state index contributed by atoms with van der Waals surface area (Å²) in [7, 11) is 0. The van der Waals surface area contributed by atoms with Crippen LogP contribution in [0.25, 0.3) is 0 Å². The molecule has 108 valence electrons. The Hall–Kier alpha value is -1.80. The highest BCUT2D eigenvalue weighted by molar-refractivity contribution is 6.30. The summed E-state index contributed by atoms with van der Waals surface area (Å²) < 4.78 is 5.46. The van der Waals surface area contributed by atoms with Crippen molar-refractivity contribution < 1.29 is 9.53 Å². The Kier molecular flexibility index (Phi) is 3.98. The van der Waals surface area contributed by atoms with Crippen LogP contribution in [0.2, 0.25) is 5.02 Å². The van der Waals surface area contributed by atoms with Gasteiger partial charge in [-0.1, -0.05) is 54.1 Å². The van der Waals surface area contributed by atoms with Crippen molar-refractivity contribution in [3.8, 4) is 0 Å². The third kappa shape index (κ3) is 2.96. The molecule has 0 radical (unpaired) electrons. The van der Waals surface area contributed by atoms with Crippen LogP contribution in [0.15, 0.2) is 54.6 Å². The Labute approximate surface area is 129 Å². The molecule has 1 heterocycles. The minimum Gasteiger partial charge on any atom is -0.462 e. The van der Waals surface area contributed by atoms with E-state index in [4.69, 9.17) is 16.3 Å². The van der Waals surface area contributed by atoms with E-state index in [9.17, 15) is 4.79 Å². The highest BCUT2D eigenvalue weighted by Gasteiger charge is 2.38. The molecule has 1 fully saturated rings. The second-order valence-corrected chi connectivity index (χ2v) is 5.97. The lowest BCUT2D eigenvalue weighted by atomic mass is 9.77. The van der Waals surface area contributed by atoms with Gasteiger partial charge in [-0.3, -0.25) is 4.79 Å². The van der Waals surface area contributed by atoms with Gasteiger partial charge in [0.05, 0.1) is 12.0 Å². The van der Waals surface area contributed by atoms with E-state index in [0.717, 1.165) is 17.5 Å². The van der Waals surface area contributed by atoms with Crippen LogP contribution in [0.4, 0.5) is 0 Å². The predicted molar refractivity (Wildman–Crippen MR) is 83.5 cm³/mol.